The second kappa shape index (κ2) is 6.82. The zero-order valence-corrected chi connectivity index (χ0v) is 14.5. The van der Waals surface area contributed by atoms with Crippen molar-refractivity contribution >= 4 is 24.7 Å². The van der Waals surface area contributed by atoms with E-state index in [1.807, 2.05) is 0 Å². The van der Waals surface area contributed by atoms with Gasteiger partial charge in [-0.1, -0.05) is 0 Å². The largest absolute Gasteiger partial charge is 0.405 e. The van der Waals surface area contributed by atoms with Crippen LogP contribution in [-0.4, -0.2) is 67.8 Å². The number of aliphatic hydroxyl groups excluding tert-OH is 2. The average molecular weight is 386 g/mol. The predicted octanol–water partition coefficient (Wildman–Crippen LogP) is -0.838. The van der Waals surface area contributed by atoms with Gasteiger partial charge in [-0.15, -0.1) is 0 Å². The summed E-state index contributed by atoms with van der Waals surface area (Å²) < 4.78 is 29.9. The SMILES string of the molecule is Nc1ncnc2c1ncn2C1OC(COP2(=O)NCCCO2)C(O)C1O. The molecule has 0 radical (unpaired) electrons. The lowest BCUT2D eigenvalue weighted by atomic mass is 10.1. The molecule has 2 fully saturated rings. The van der Waals surface area contributed by atoms with Crippen LogP contribution in [0.25, 0.3) is 11.2 Å². The number of ether oxygens (including phenoxy) is 1. The van der Waals surface area contributed by atoms with Crippen molar-refractivity contribution in [3.05, 3.63) is 12.7 Å². The highest BCUT2D eigenvalue weighted by Gasteiger charge is 2.45. The smallest absolute Gasteiger partial charge is 0.387 e. The number of hydrogen-bond donors (Lipinski definition) is 4. The van der Waals surface area contributed by atoms with E-state index in [-0.39, 0.29) is 12.4 Å². The van der Waals surface area contributed by atoms with Crippen molar-refractivity contribution in [1.82, 2.24) is 24.6 Å². The maximum Gasteiger partial charge on any atom is 0.405 e. The molecule has 2 aliphatic heterocycles. The van der Waals surface area contributed by atoms with E-state index in [1.54, 1.807) is 0 Å². The third-order valence-electron chi connectivity index (χ3n) is 4.30. The molecule has 5 unspecified atom stereocenters. The highest BCUT2D eigenvalue weighted by Crippen LogP contribution is 2.46. The van der Waals surface area contributed by atoms with Gasteiger partial charge in [-0.05, 0) is 6.42 Å². The Bertz CT molecular complexity index is 838. The van der Waals surface area contributed by atoms with Crippen LogP contribution in [0.5, 0.6) is 0 Å². The van der Waals surface area contributed by atoms with Crippen LogP contribution >= 0.6 is 7.75 Å². The Kier molecular flexibility index (Phi) is 4.65. The zero-order valence-electron chi connectivity index (χ0n) is 13.6. The number of nitrogens with zero attached hydrogens (tertiary/aromatic N) is 4. The van der Waals surface area contributed by atoms with E-state index in [2.05, 4.69) is 20.0 Å². The maximum atomic E-state index is 12.3. The molecule has 13 heteroatoms. The minimum Gasteiger partial charge on any atom is -0.387 e. The number of anilines is 1. The second-order valence-electron chi connectivity index (χ2n) is 6.02. The van der Waals surface area contributed by atoms with Gasteiger partial charge in [0.25, 0.3) is 0 Å². The number of nitrogens with two attached hydrogens (primary N) is 1. The standard InChI is InChI=1S/C13H19N6O6P/c14-11-8-12(16-5-15-11)19(6-17-8)13-10(21)9(20)7(25-13)4-24-26(22)18-2-1-3-23-26/h5-7,9-10,13,20-21H,1-4H2,(H,18,22)(H2,14,15,16). The Labute approximate surface area is 147 Å². The summed E-state index contributed by atoms with van der Waals surface area (Å²) in [6, 6.07) is 0. The molecule has 0 aliphatic carbocycles. The fraction of sp³-hybridized carbons (Fsp3) is 0.615. The Morgan fingerprint density at radius 3 is 3.00 bits per heavy atom. The molecule has 4 heterocycles. The number of aromatic nitrogens is 4. The van der Waals surface area contributed by atoms with Gasteiger partial charge in [-0.2, -0.15) is 0 Å². The Morgan fingerprint density at radius 1 is 1.38 bits per heavy atom. The monoisotopic (exact) mass is 386 g/mol. The maximum absolute atomic E-state index is 12.3. The van der Waals surface area contributed by atoms with Gasteiger partial charge in [0.05, 0.1) is 19.5 Å². The predicted molar refractivity (Wildman–Crippen MR) is 87.8 cm³/mol. The van der Waals surface area contributed by atoms with Crippen molar-refractivity contribution in [3.63, 3.8) is 0 Å². The number of hydrogen-bond acceptors (Lipinski definition) is 10. The molecule has 142 valence electrons. The quantitative estimate of drug-likeness (QED) is 0.484. The highest BCUT2D eigenvalue weighted by atomic mass is 31.2. The summed E-state index contributed by atoms with van der Waals surface area (Å²) >= 11 is 0. The highest BCUT2D eigenvalue weighted by molar-refractivity contribution is 7.51. The van der Waals surface area contributed by atoms with Gasteiger partial charge < -0.3 is 20.7 Å². The minimum atomic E-state index is -3.42. The zero-order chi connectivity index (χ0) is 18.3. The van der Waals surface area contributed by atoms with Gasteiger partial charge in [-0.3, -0.25) is 13.6 Å². The van der Waals surface area contributed by atoms with Crippen molar-refractivity contribution in [2.24, 2.45) is 0 Å². The summed E-state index contributed by atoms with van der Waals surface area (Å²) in [5.74, 6) is 0.195. The number of imidazole rings is 1. The Balaban J connectivity index is 1.50. The third kappa shape index (κ3) is 3.09. The number of rotatable bonds is 4. The summed E-state index contributed by atoms with van der Waals surface area (Å²) in [7, 11) is -3.42. The van der Waals surface area contributed by atoms with Gasteiger partial charge in [-0.25, -0.2) is 24.6 Å². The van der Waals surface area contributed by atoms with Crippen LogP contribution in [0.3, 0.4) is 0 Å². The summed E-state index contributed by atoms with van der Waals surface area (Å²) in [6.07, 6.45) is -0.996. The Morgan fingerprint density at radius 2 is 2.23 bits per heavy atom. The lowest BCUT2D eigenvalue weighted by Gasteiger charge is -2.25. The molecule has 4 rings (SSSR count). The first-order chi connectivity index (χ1) is 12.5. The number of aliphatic hydroxyl groups is 2. The second-order valence-corrected chi connectivity index (χ2v) is 7.84. The molecule has 2 aromatic heterocycles. The van der Waals surface area contributed by atoms with E-state index in [0.717, 1.165) is 6.42 Å². The molecule has 0 bridgehead atoms. The number of fused-ring (bicyclic) bond motifs is 1. The van der Waals surface area contributed by atoms with Crippen LogP contribution in [0.2, 0.25) is 0 Å². The fourth-order valence-electron chi connectivity index (χ4n) is 2.93. The topological polar surface area (TPSA) is 167 Å². The first kappa shape index (κ1) is 17.7. The van der Waals surface area contributed by atoms with Crippen molar-refractivity contribution in [2.45, 2.75) is 31.0 Å². The van der Waals surface area contributed by atoms with Gasteiger partial charge in [0.2, 0.25) is 0 Å². The molecule has 5 N–H and O–H groups in total. The molecule has 0 saturated carbocycles. The molecule has 2 aromatic rings. The first-order valence-corrected chi connectivity index (χ1v) is 9.62. The van der Waals surface area contributed by atoms with Crippen LogP contribution < -0.4 is 10.8 Å². The van der Waals surface area contributed by atoms with Crippen LogP contribution in [0.4, 0.5) is 5.82 Å². The van der Waals surface area contributed by atoms with Crippen molar-refractivity contribution in [3.8, 4) is 0 Å². The molecule has 26 heavy (non-hydrogen) atoms. The Hall–Kier alpha value is -1.66. The van der Waals surface area contributed by atoms with Crippen molar-refractivity contribution in [2.75, 3.05) is 25.5 Å². The van der Waals surface area contributed by atoms with E-state index < -0.39 is 32.3 Å². The van der Waals surface area contributed by atoms with Crippen LogP contribution in [-0.2, 0) is 18.3 Å². The van der Waals surface area contributed by atoms with Gasteiger partial charge in [0.15, 0.2) is 17.7 Å². The fourth-order valence-corrected chi connectivity index (χ4v) is 4.33. The number of nitrogen functional groups attached to an aromatic ring is 1. The molecule has 5 atom stereocenters. The van der Waals surface area contributed by atoms with Crippen molar-refractivity contribution in [1.29, 1.82) is 0 Å². The molecule has 0 spiro atoms. The summed E-state index contributed by atoms with van der Waals surface area (Å²) in [4.78, 5) is 12.1. The van der Waals surface area contributed by atoms with Gasteiger partial charge >= 0.3 is 7.75 Å². The van der Waals surface area contributed by atoms with Crippen LogP contribution in [0.1, 0.15) is 12.6 Å². The molecular formula is C13H19N6O6P. The summed E-state index contributed by atoms with van der Waals surface area (Å²) in [5.41, 5.74) is 6.47. The molecule has 12 nitrogen and oxygen atoms in total. The van der Waals surface area contributed by atoms with E-state index in [1.165, 1.54) is 17.2 Å². The van der Waals surface area contributed by atoms with E-state index in [4.69, 9.17) is 19.5 Å². The minimum absolute atomic E-state index is 0.195. The van der Waals surface area contributed by atoms with Crippen molar-refractivity contribution < 1.29 is 28.6 Å². The van der Waals surface area contributed by atoms with Crippen LogP contribution in [0, 0.1) is 0 Å². The summed E-state index contributed by atoms with van der Waals surface area (Å²) in [5, 5.41) is 23.3. The molecule has 0 amide bonds. The lowest BCUT2D eigenvalue weighted by Crippen LogP contribution is -2.34. The van der Waals surface area contributed by atoms with E-state index in [9.17, 15) is 14.8 Å². The third-order valence-corrected chi connectivity index (χ3v) is 5.92. The van der Waals surface area contributed by atoms with Gasteiger partial charge in [0, 0.05) is 6.54 Å². The average Bonchev–Trinajstić information content (AvgIpc) is 3.17. The first-order valence-electron chi connectivity index (χ1n) is 8.07. The van der Waals surface area contributed by atoms with E-state index >= 15 is 0 Å². The molecule has 0 aromatic carbocycles. The molecular weight excluding hydrogens is 367 g/mol. The van der Waals surface area contributed by atoms with E-state index in [0.29, 0.717) is 24.3 Å². The molecule has 2 saturated heterocycles. The van der Waals surface area contributed by atoms with Crippen LogP contribution in [0.15, 0.2) is 12.7 Å². The molecule has 2 aliphatic rings. The lowest BCUT2D eigenvalue weighted by molar-refractivity contribution is -0.0497. The number of nitrogens with one attached hydrogen (secondary N) is 1. The normalized spacial score (nSPS) is 35.2. The van der Waals surface area contributed by atoms with Gasteiger partial charge in [0.1, 0.15) is 30.2 Å². The summed E-state index contributed by atoms with van der Waals surface area (Å²) in [6.45, 7) is 0.618.